The molecule has 2 fully saturated rings. The minimum absolute atomic E-state index is 0.306. The van der Waals surface area contributed by atoms with Crippen molar-refractivity contribution in [2.24, 2.45) is 5.92 Å². The molecule has 0 spiro atoms. The van der Waals surface area contributed by atoms with Gasteiger partial charge in [0.25, 0.3) is 0 Å². The molecule has 2 aliphatic heterocycles. The van der Waals surface area contributed by atoms with Crippen LogP contribution in [0.15, 0.2) is 18.2 Å². The zero-order chi connectivity index (χ0) is 16.4. The molecule has 0 aromatic heterocycles. The highest BCUT2D eigenvalue weighted by atomic mass is 16.2. The first-order chi connectivity index (χ1) is 11.0. The Morgan fingerprint density at radius 2 is 1.87 bits per heavy atom. The van der Waals surface area contributed by atoms with Crippen molar-refractivity contribution in [1.82, 2.24) is 9.80 Å². The molecule has 0 aliphatic carbocycles. The van der Waals surface area contributed by atoms with Gasteiger partial charge in [-0.2, -0.15) is 0 Å². The Labute approximate surface area is 140 Å². The first-order valence-electron chi connectivity index (χ1n) is 8.81. The predicted octanol–water partition coefficient (Wildman–Crippen LogP) is 2.29. The third-order valence-electron chi connectivity index (χ3n) is 5.31. The van der Waals surface area contributed by atoms with Gasteiger partial charge in [0.15, 0.2) is 0 Å². The van der Waals surface area contributed by atoms with Gasteiger partial charge >= 0.3 is 0 Å². The van der Waals surface area contributed by atoms with Gasteiger partial charge in [0.05, 0.1) is 0 Å². The maximum Gasteiger partial charge on any atom is 0.222 e. The van der Waals surface area contributed by atoms with Gasteiger partial charge in [-0.1, -0.05) is 17.7 Å². The molecule has 2 saturated heterocycles. The molecule has 3 rings (SSSR count). The highest BCUT2D eigenvalue weighted by Gasteiger charge is 2.26. The number of anilines is 1. The molecule has 0 bridgehead atoms. The molecule has 4 heteroatoms. The van der Waals surface area contributed by atoms with Crippen molar-refractivity contribution in [2.75, 3.05) is 51.2 Å². The van der Waals surface area contributed by atoms with E-state index < -0.39 is 0 Å². The number of hydrogen-bond acceptors (Lipinski definition) is 3. The molecule has 0 saturated carbocycles. The minimum atomic E-state index is 0.306. The number of piperidine rings is 1. The summed E-state index contributed by atoms with van der Waals surface area (Å²) in [6.07, 6.45) is 1.78. The number of likely N-dealkylation sites (tertiary alicyclic amines) is 1. The zero-order valence-electron chi connectivity index (χ0n) is 14.7. The van der Waals surface area contributed by atoms with Crippen molar-refractivity contribution in [3.63, 3.8) is 0 Å². The lowest BCUT2D eigenvalue weighted by Gasteiger charge is -2.39. The van der Waals surface area contributed by atoms with E-state index in [1.54, 1.807) is 0 Å². The number of hydrogen-bond donors (Lipinski definition) is 0. The lowest BCUT2D eigenvalue weighted by atomic mass is 9.97. The molecule has 23 heavy (non-hydrogen) atoms. The van der Waals surface area contributed by atoms with Crippen LogP contribution in [-0.2, 0) is 4.79 Å². The highest BCUT2D eigenvalue weighted by Crippen LogP contribution is 2.23. The van der Waals surface area contributed by atoms with E-state index in [9.17, 15) is 4.79 Å². The van der Waals surface area contributed by atoms with E-state index in [0.717, 1.165) is 52.1 Å². The maximum absolute atomic E-state index is 11.6. The van der Waals surface area contributed by atoms with Crippen molar-refractivity contribution in [1.29, 1.82) is 0 Å². The van der Waals surface area contributed by atoms with Crippen molar-refractivity contribution in [2.45, 2.75) is 26.7 Å². The van der Waals surface area contributed by atoms with Crippen molar-refractivity contribution in [3.8, 4) is 0 Å². The standard InChI is InChI=1S/C19H29N3O/c1-15-4-6-18(16(2)12-15)22-10-8-21(9-11-22)14-17-5-7-19(23)20(3)13-17/h4,6,12,17H,5,7-11,13-14H2,1-3H3. The summed E-state index contributed by atoms with van der Waals surface area (Å²) in [4.78, 5) is 18.6. The van der Waals surface area contributed by atoms with E-state index in [1.807, 2.05) is 11.9 Å². The minimum Gasteiger partial charge on any atom is -0.369 e. The molecule has 126 valence electrons. The molecule has 2 heterocycles. The van der Waals surface area contributed by atoms with Gasteiger partial charge in [0.2, 0.25) is 5.91 Å². The number of amides is 1. The van der Waals surface area contributed by atoms with Crippen LogP contribution in [0.3, 0.4) is 0 Å². The van der Waals surface area contributed by atoms with Crippen LogP contribution in [0.2, 0.25) is 0 Å². The summed E-state index contributed by atoms with van der Waals surface area (Å²) in [5, 5.41) is 0. The second-order valence-corrected chi connectivity index (χ2v) is 7.26. The Balaban J connectivity index is 1.51. The van der Waals surface area contributed by atoms with Crippen molar-refractivity contribution < 1.29 is 4.79 Å². The Hall–Kier alpha value is -1.55. The van der Waals surface area contributed by atoms with E-state index in [1.165, 1.54) is 16.8 Å². The van der Waals surface area contributed by atoms with Gasteiger partial charge in [-0.05, 0) is 37.8 Å². The van der Waals surface area contributed by atoms with E-state index in [-0.39, 0.29) is 0 Å². The Morgan fingerprint density at radius 1 is 1.13 bits per heavy atom. The Bertz CT molecular complexity index is 564. The number of aryl methyl sites for hydroxylation is 2. The largest absolute Gasteiger partial charge is 0.369 e. The molecule has 1 amide bonds. The quantitative estimate of drug-likeness (QED) is 0.856. The Kier molecular flexibility index (Phi) is 4.90. The van der Waals surface area contributed by atoms with Crippen LogP contribution in [0.1, 0.15) is 24.0 Å². The van der Waals surface area contributed by atoms with E-state index in [4.69, 9.17) is 0 Å². The van der Waals surface area contributed by atoms with E-state index in [0.29, 0.717) is 11.8 Å². The molecule has 1 aromatic carbocycles. The summed E-state index contributed by atoms with van der Waals surface area (Å²) in [7, 11) is 1.94. The number of carbonyl (C=O) groups excluding carboxylic acids is 1. The van der Waals surface area contributed by atoms with Crippen LogP contribution in [0, 0.1) is 19.8 Å². The third-order valence-corrected chi connectivity index (χ3v) is 5.31. The first-order valence-corrected chi connectivity index (χ1v) is 8.81. The summed E-state index contributed by atoms with van der Waals surface area (Å²) in [6.45, 7) is 10.9. The van der Waals surface area contributed by atoms with Gasteiger partial charge < -0.3 is 9.80 Å². The molecule has 1 aromatic rings. The van der Waals surface area contributed by atoms with Crippen molar-refractivity contribution >= 4 is 11.6 Å². The maximum atomic E-state index is 11.6. The fourth-order valence-corrected chi connectivity index (χ4v) is 3.94. The zero-order valence-corrected chi connectivity index (χ0v) is 14.7. The van der Waals surface area contributed by atoms with Crippen LogP contribution in [0.5, 0.6) is 0 Å². The van der Waals surface area contributed by atoms with Crippen LogP contribution in [-0.4, -0.2) is 62.0 Å². The second-order valence-electron chi connectivity index (χ2n) is 7.26. The van der Waals surface area contributed by atoms with Crippen LogP contribution < -0.4 is 4.90 Å². The predicted molar refractivity (Wildman–Crippen MR) is 94.9 cm³/mol. The van der Waals surface area contributed by atoms with Crippen molar-refractivity contribution in [3.05, 3.63) is 29.3 Å². The molecular formula is C19H29N3O. The topological polar surface area (TPSA) is 26.8 Å². The van der Waals surface area contributed by atoms with Gasteiger partial charge in [-0.25, -0.2) is 0 Å². The summed E-state index contributed by atoms with van der Waals surface area (Å²) < 4.78 is 0. The number of rotatable bonds is 3. The fraction of sp³-hybridized carbons (Fsp3) is 0.632. The lowest BCUT2D eigenvalue weighted by Crippen LogP contribution is -2.50. The van der Waals surface area contributed by atoms with Gasteiger partial charge in [0, 0.05) is 58.4 Å². The molecule has 1 atom stereocenters. The van der Waals surface area contributed by atoms with Gasteiger partial charge in [-0.15, -0.1) is 0 Å². The molecule has 4 nitrogen and oxygen atoms in total. The molecular weight excluding hydrogens is 286 g/mol. The van der Waals surface area contributed by atoms with Gasteiger partial charge in [-0.3, -0.25) is 9.69 Å². The molecule has 0 radical (unpaired) electrons. The lowest BCUT2D eigenvalue weighted by molar-refractivity contribution is -0.133. The van der Waals surface area contributed by atoms with Gasteiger partial charge in [0.1, 0.15) is 0 Å². The van der Waals surface area contributed by atoms with E-state index >= 15 is 0 Å². The highest BCUT2D eigenvalue weighted by molar-refractivity contribution is 5.76. The number of nitrogens with zero attached hydrogens (tertiary/aromatic N) is 3. The van der Waals surface area contributed by atoms with Crippen LogP contribution in [0.4, 0.5) is 5.69 Å². The smallest absolute Gasteiger partial charge is 0.222 e. The number of benzene rings is 1. The van der Waals surface area contributed by atoms with Crippen LogP contribution in [0.25, 0.3) is 0 Å². The number of piperazine rings is 1. The summed E-state index contributed by atoms with van der Waals surface area (Å²) in [5.41, 5.74) is 4.10. The molecule has 0 N–H and O–H groups in total. The summed E-state index contributed by atoms with van der Waals surface area (Å²) in [5.74, 6) is 0.950. The Morgan fingerprint density at radius 3 is 2.52 bits per heavy atom. The average molecular weight is 315 g/mol. The third kappa shape index (κ3) is 3.86. The van der Waals surface area contributed by atoms with Crippen LogP contribution >= 0.6 is 0 Å². The second kappa shape index (κ2) is 6.91. The first kappa shape index (κ1) is 16.3. The monoisotopic (exact) mass is 315 g/mol. The fourth-order valence-electron chi connectivity index (χ4n) is 3.94. The average Bonchev–Trinajstić information content (AvgIpc) is 2.52. The number of carbonyl (C=O) groups is 1. The normalized spacial score (nSPS) is 23.4. The summed E-state index contributed by atoms with van der Waals surface area (Å²) in [6, 6.07) is 6.75. The molecule has 2 aliphatic rings. The van der Waals surface area contributed by atoms with E-state index in [2.05, 4.69) is 41.8 Å². The molecule has 1 unspecified atom stereocenters. The summed E-state index contributed by atoms with van der Waals surface area (Å²) >= 11 is 0. The SMILES string of the molecule is Cc1ccc(N2CCN(CC3CCC(=O)N(C)C3)CC2)c(C)c1.